The molecule has 0 aliphatic rings. The van der Waals surface area contributed by atoms with Crippen molar-refractivity contribution in [2.24, 2.45) is 0 Å². The first kappa shape index (κ1) is 15.8. The lowest BCUT2D eigenvalue weighted by molar-refractivity contribution is -0.124. The first-order valence-corrected chi connectivity index (χ1v) is 6.56. The topological polar surface area (TPSA) is 55.4 Å². The number of carbonyl (C=O) groups is 2. The average Bonchev–Trinajstić information content (AvgIpc) is 2.51. The SMILES string of the molecule is C#CC(CC)(CC)NC(=O)COc1ccccc1C=O. The van der Waals surface area contributed by atoms with Crippen LogP contribution in [-0.4, -0.2) is 24.3 Å². The maximum absolute atomic E-state index is 11.9. The molecule has 0 heterocycles. The van der Waals surface area contributed by atoms with E-state index in [1.165, 1.54) is 0 Å². The van der Waals surface area contributed by atoms with E-state index in [9.17, 15) is 9.59 Å². The number of carbonyl (C=O) groups excluding carboxylic acids is 2. The molecule has 0 aromatic heterocycles. The minimum absolute atomic E-state index is 0.172. The summed E-state index contributed by atoms with van der Waals surface area (Å²) in [5.74, 6) is 2.71. The molecule has 0 atom stereocenters. The molecule has 0 unspecified atom stereocenters. The summed E-state index contributed by atoms with van der Waals surface area (Å²) in [5, 5.41) is 2.80. The van der Waals surface area contributed by atoms with Gasteiger partial charge in [0, 0.05) is 0 Å². The highest BCUT2D eigenvalue weighted by Crippen LogP contribution is 2.16. The van der Waals surface area contributed by atoms with E-state index in [-0.39, 0.29) is 12.5 Å². The molecule has 0 aliphatic heterocycles. The zero-order chi connectivity index (χ0) is 15.0. The molecule has 0 bridgehead atoms. The van der Waals surface area contributed by atoms with Gasteiger partial charge in [-0.25, -0.2) is 0 Å². The van der Waals surface area contributed by atoms with Gasteiger partial charge in [0.1, 0.15) is 11.3 Å². The third-order valence-corrected chi connectivity index (χ3v) is 3.27. The maximum atomic E-state index is 11.9. The molecule has 106 valence electrons. The predicted molar refractivity (Wildman–Crippen MR) is 77.6 cm³/mol. The number of benzene rings is 1. The molecular formula is C16H19NO3. The van der Waals surface area contributed by atoms with E-state index in [4.69, 9.17) is 11.2 Å². The van der Waals surface area contributed by atoms with Gasteiger partial charge in [0.05, 0.1) is 5.56 Å². The van der Waals surface area contributed by atoms with Crippen molar-refractivity contribution < 1.29 is 14.3 Å². The van der Waals surface area contributed by atoms with E-state index in [0.717, 1.165) is 0 Å². The highest BCUT2D eigenvalue weighted by molar-refractivity contribution is 5.81. The van der Waals surface area contributed by atoms with Crippen molar-refractivity contribution in [1.29, 1.82) is 0 Å². The van der Waals surface area contributed by atoms with Gasteiger partial charge in [-0.05, 0) is 25.0 Å². The second-order valence-corrected chi connectivity index (χ2v) is 4.43. The largest absolute Gasteiger partial charge is 0.483 e. The molecular weight excluding hydrogens is 254 g/mol. The van der Waals surface area contributed by atoms with Crippen molar-refractivity contribution in [1.82, 2.24) is 5.32 Å². The Morgan fingerprint density at radius 3 is 2.60 bits per heavy atom. The third kappa shape index (κ3) is 3.86. The zero-order valence-electron chi connectivity index (χ0n) is 11.8. The summed E-state index contributed by atoms with van der Waals surface area (Å²) in [6.45, 7) is 3.67. The molecule has 0 spiro atoms. The molecule has 4 nitrogen and oxygen atoms in total. The smallest absolute Gasteiger partial charge is 0.259 e. The first-order valence-electron chi connectivity index (χ1n) is 6.56. The van der Waals surface area contributed by atoms with Crippen LogP contribution in [0.5, 0.6) is 5.75 Å². The van der Waals surface area contributed by atoms with Gasteiger partial charge in [0.15, 0.2) is 12.9 Å². The summed E-state index contributed by atoms with van der Waals surface area (Å²) in [5.41, 5.74) is -0.223. The minimum atomic E-state index is -0.634. The molecule has 1 amide bonds. The van der Waals surface area contributed by atoms with Crippen molar-refractivity contribution in [2.75, 3.05) is 6.61 Å². The van der Waals surface area contributed by atoms with Crippen LogP contribution in [-0.2, 0) is 4.79 Å². The van der Waals surface area contributed by atoms with Gasteiger partial charge in [-0.1, -0.05) is 31.9 Å². The lowest BCUT2D eigenvalue weighted by Gasteiger charge is -2.27. The van der Waals surface area contributed by atoms with E-state index in [1.54, 1.807) is 24.3 Å². The predicted octanol–water partition coefficient (Wildman–Crippen LogP) is 2.19. The lowest BCUT2D eigenvalue weighted by atomic mass is 9.94. The number of hydrogen-bond donors (Lipinski definition) is 1. The first-order chi connectivity index (χ1) is 9.60. The second-order valence-electron chi connectivity index (χ2n) is 4.43. The van der Waals surface area contributed by atoms with Gasteiger partial charge in [-0.3, -0.25) is 9.59 Å². The van der Waals surface area contributed by atoms with Crippen LogP contribution in [0.3, 0.4) is 0 Å². The summed E-state index contributed by atoms with van der Waals surface area (Å²) >= 11 is 0. The Morgan fingerprint density at radius 1 is 1.40 bits per heavy atom. The van der Waals surface area contributed by atoms with Crippen LogP contribution in [0.4, 0.5) is 0 Å². The molecule has 1 aromatic carbocycles. The van der Waals surface area contributed by atoms with Crippen LogP contribution in [0.15, 0.2) is 24.3 Å². The molecule has 20 heavy (non-hydrogen) atoms. The van der Waals surface area contributed by atoms with Gasteiger partial charge in [-0.15, -0.1) is 6.42 Å². The zero-order valence-corrected chi connectivity index (χ0v) is 11.8. The van der Waals surface area contributed by atoms with Crippen molar-refractivity contribution in [3.8, 4) is 18.1 Å². The van der Waals surface area contributed by atoms with Gasteiger partial charge >= 0.3 is 0 Å². The number of aldehydes is 1. The Kier molecular flexibility index (Phi) is 5.79. The van der Waals surface area contributed by atoms with Crippen molar-refractivity contribution >= 4 is 12.2 Å². The van der Waals surface area contributed by atoms with Gasteiger partial charge in [0.25, 0.3) is 5.91 Å². The van der Waals surface area contributed by atoms with E-state index in [0.29, 0.717) is 30.4 Å². The molecule has 0 saturated heterocycles. The van der Waals surface area contributed by atoms with Crippen molar-refractivity contribution in [2.45, 2.75) is 32.2 Å². The van der Waals surface area contributed by atoms with E-state index < -0.39 is 5.54 Å². The van der Waals surface area contributed by atoms with Crippen LogP contribution < -0.4 is 10.1 Å². The van der Waals surface area contributed by atoms with Crippen LogP contribution in [0, 0.1) is 12.3 Å². The van der Waals surface area contributed by atoms with Crippen molar-refractivity contribution in [3.63, 3.8) is 0 Å². The normalized spacial score (nSPS) is 10.4. The Labute approximate surface area is 119 Å². The molecule has 1 rings (SSSR count). The number of hydrogen-bond acceptors (Lipinski definition) is 3. The molecule has 4 heteroatoms. The molecule has 1 aromatic rings. The van der Waals surface area contributed by atoms with Gasteiger partial charge < -0.3 is 10.1 Å². The van der Waals surface area contributed by atoms with Crippen LogP contribution in [0.25, 0.3) is 0 Å². The van der Waals surface area contributed by atoms with Crippen LogP contribution in [0.1, 0.15) is 37.0 Å². The summed E-state index contributed by atoms with van der Waals surface area (Å²) in [6, 6.07) is 6.74. The average molecular weight is 273 g/mol. The van der Waals surface area contributed by atoms with Crippen molar-refractivity contribution in [3.05, 3.63) is 29.8 Å². The fourth-order valence-electron chi connectivity index (χ4n) is 1.82. The molecule has 1 N–H and O–H groups in total. The quantitative estimate of drug-likeness (QED) is 0.612. The van der Waals surface area contributed by atoms with Gasteiger partial charge in [-0.2, -0.15) is 0 Å². The number of nitrogens with one attached hydrogen (secondary N) is 1. The molecule has 0 fully saturated rings. The maximum Gasteiger partial charge on any atom is 0.259 e. The number of para-hydroxylation sites is 1. The molecule has 0 aliphatic carbocycles. The number of rotatable bonds is 7. The summed E-state index contributed by atoms with van der Waals surface area (Å²) in [7, 11) is 0. The highest BCUT2D eigenvalue weighted by atomic mass is 16.5. The van der Waals surface area contributed by atoms with E-state index in [2.05, 4.69) is 11.2 Å². The fraction of sp³-hybridized carbons (Fsp3) is 0.375. The monoisotopic (exact) mass is 273 g/mol. The second kappa shape index (κ2) is 7.34. The summed E-state index contributed by atoms with van der Waals surface area (Å²) in [4.78, 5) is 22.7. The van der Waals surface area contributed by atoms with Crippen LogP contribution >= 0.6 is 0 Å². The molecule has 0 saturated carbocycles. The minimum Gasteiger partial charge on any atom is -0.483 e. The Morgan fingerprint density at radius 2 is 2.05 bits per heavy atom. The number of amides is 1. The lowest BCUT2D eigenvalue weighted by Crippen LogP contribution is -2.48. The van der Waals surface area contributed by atoms with Crippen LogP contribution in [0.2, 0.25) is 0 Å². The number of ether oxygens (including phenoxy) is 1. The van der Waals surface area contributed by atoms with Gasteiger partial charge in [0.2, 0.25) is 0 Å². The van der Waals surface area contributed by atoms with E-state index in [1.807, 2.05) is 13.8 Å². The summed E-state index contributed by atoms with van der Waals surface area (Å²) in [6.07, 6.45) is 7.47. The Bertz CT molecular complexity index is 513. The summed E-state index contributed by atoms with van der Waals surface area (Å²) < 4.78 is 5.36. The third-order valence-electron chi connectivity index (χ3n) is 3.27. The Balaban J connectivity index is 2.64. The standard InChI is InChI=1S/C16H19NO3/c1-4-16(5-2,6-3)17-15(19)12-20-14-10-8-7-9-13(14)11-18/h1,7-11H,5-6,12H2,2-3H3,(H,17,19). The Hall–Kier alpha value is -2.28. The fourth-order valence-corrected chi connectivity index (χ4v) is 1.82. The highest BCUT2D eigenvalue weighted by Gasteiger charge is 2.25. The van der Waals surface area contributed by atoms with E-state index >= 15 is 0 Å². The molecule has 0 radical (unpaired) electrons. The number of terminal acetylenes is 1.